The maximum absolute atomic E-state index is 5.83. The summed E-state index contributed by atoms with van der Waals surface area (Å²) in [5, 5.41) is 0. The molecule has 0 atom stereocenters. The van der Waals surface area contributed by atoms with E-state index in [4.69, 9.17) is 20.7 Å². The Balaban J connectivity index is 2.70. The van der Waals surface area contributed by atoms with E-state index >= 15 is 0 Å². The fraction of sp³-hybridized carbons (Fsp3) is 0.588. The molecule has 0 spiro atoms. The molecule has 0 heterocycles. The van der Waals surface area contributed by atoms with Crippen LogP contribution in [0, 0.1) is 0 Å². The van der Waals surface area contributed by atoms with Crippen LogP contribution in [0.1, 0.15) is 128 Å². The molecule has 0 aliphatic carbocycles. The molecule has 0 aliphatic rings. The second kappa shape index (κ2) is 17.7. The summed E-state index contributed by atoms with van der Waals surface area (Å²) in [4.78, 5) is 5.38. The summed E-state index contributed by atoms with van der Waals surface area (Å²) in [6, 6.07) is 14.0. The van der Waals surface area contributed by atoms with Gasteiger partial charge in [0.1, 0.15) is 0 Å². The predicted molar refractivity (Wildman–Crippen MR) is 160 cm³/mol. The Kier molecular flexibility index (Phi) is 15.1. The van der Waals surface area contributed by atoms with Gasteiger partial charge in [-0.25, -0.2) is 0 Å². The molecule has 0 radical (unpaired) electrons. The minimum atomic E-state index is 0.979. The average Bonchev–Trinajstić information content (AvgIpc) is 2.87. The normalized spacial score (nSPS) is 12.7. The Hall–Kier alpha value is -1.73. The van der Waals surface area contributed by atoms with Gasteiger partial charge in [0.15, 0.2) is 0 Å². The van der Waals surface area contributed by atoms with E-state index in [0.29, 0.717) is 0 Å². The van der Waals surface area contributed by atoms with Gasteiger partial charge in [-0.3, -0.25) is 0 Å². The van der Waals surface area contributed by atoms with Crippen molar-refractivity contribution >= 4 is 22.8 Å². The van der Waals surface area contributed by atoms with Crippen molar-refractivity contribution in [3.8, 4) is 0 Å². The minimum absolute atomic E-state index is 0.979. The fourth-order valence-corrected chi connectivity index (χ4v) is 5.36. The second-order valence-corrected chi connectivity index (χ2v) is 10.9. The van der Waals surface area contributed by atoms with E-state index in [1.807, 2.05) is 0 Å². The van der Waals surface area contributed by atoms with Gasteiger partial charge in [-0.05, 0) is 0 Å². The van der Waals surface area contributed by atoms with Gasteiger partial charge in [-0.1, -0.05) is 0 Å². The molecule has 0 aliphatic heterocycles. The van der Waals surface area contributed by atoms with Gasteiger partial charge < -0.3 is 0 Å². The fourth-order valence-electron chi connectivity index (χ4n) is 4.99. The SMILES string of the molecule is CCCCC(=Nc1cc(CCC)cc(CCC)c1)C(CCCC)=[N+]([Ni])c1cc(CCC)cc(CCC)c1. The topological polar surface area (TPSA) is 15.4 Å². The molecule has 0 amide bonds. The van der Waals surface area contributed by atoms with Crippen molar-refractivity contribution < 1.29 is 19.3 Å². The van der Waals surface area contributed by atoms with Gasteiger partial charge in [0, 0.05) is 0 Å². The average molecular weight is 547 g/mol. The molecular weight excluding hydrogens is 495 g/mol. The van der Waals surface area contributed by atoms with Crippen molar-refractivity contribution in [2.45, 2.75) is 131 Å². The number of hydrogen-bond acceptors (Lipinski definition) is 1. The van der Waals surface area contributed by atoms with E-state index < -0.39 is 0 Å². The molecule has 3 heteroatoms. The van der Waals surface area contributed by atoms with E-state index in [0.717, 1.165) is 101 Å². The molecule has 0 saturated carbocycles. The van der Waals surface area contributed by atoms with E-state index in [2.05, 4.69) is 81.6 Å². The third kappa shape index (κ3) is 10.5. The first-order valence-corrected chi connectivity index (χ1v) is 15.6. The second-order valence-electron chi connectivity index (χ2n) is 10.5. The summed E-state index contributed by atoms with van der Waals surface area (Å²) in [6.07, 6.45) is 15.6. The summed E-state index contributed by atoms with van der Waals surface area (Å²) in [5.41, 5.74) is 10.3. The molecular formula is C34H52N2Ni+. The van der Waals surface area contributed by atoms with Crippen LogP contribution in [-0.4, -0.2) is 15.1 Å². The summed E-state index contributed by atoms with van der Waals surface area (Å²) in [5.74, 6) is 0. The Bertz CT molecular complexity index is 970. The van der Waals surface area contributed by atoms with E-state index in [-0.39, 0.29) is 0 Å². The molecule has 0 saturated heterocycles. The molecule has 2 nitrogen and oxygen atoms in total. The molecule has 2 aromatic rings. The Morgan fingerprint density at radius 2 is 1.03 bits per heavy atom. The van der Waals surface area contributed by atoms with Crippen LogP contribution >= 0.6 is 0 Å². The number of aliphatic imine (C=N–C) groups is 1. The van der Waals surface area contributed by atoms with Gasteiger partial charge in [0.2, 0.25) is 0 Å². The van der Waals surface area contributed by atoms with Crippen LogP contribution in [0.25, 0.3) is 0 Å². The van der Waals surface area contributed by atoms with Crippen LogP contribution < -0.4 is 0 Å². The molecule has 0 N–H and O–H groups in total. The van der Waals surface area contributed by atoms with Crippen molar-refractivity contribution in [3.05, 3.63) is 58.7 Å². The van der Waals surface area contributed by atoms with E-state index in [1.54, 1.807) is 0 Å². The van der Waals surface area contributed by atoms with Crippen LogP contribution in [0.3, 0.4) is 0 Å². The van der Waals surface area contributed by atoms with E-state index in [9.17, 15) is 0 Å². The summed E-state index contributed by atoms with van der Waals surface area (Å²) in [6.45, 7) is 13.6. The van der Waals surface area contributed by atoms with Crippen molar-refractivity contribution in [2.75, 3.05) is 0 Å². The number of nitrogens with zero attached hydrogens (tertiary/aromatic N) is 2. The van der Waals surface area contributed by atoms with Gasteiger partial charge in [-0.2, -0.15) is 0 Å². The number of unbranched alkanes of at least 4 members (excludes halogenated alkanes) is 2. The van der Waals surface area contributed by atoms with Gasteiger partial charge in [-0.15, -0.1) is 0 Å². The standard InChI is InChI=1S/C34H52N2.Ni/c1-7-13-19-33(35-31-23-27(15-9-3)21-28(24-31)16-10-4)34(20-14-8-2)36-32-25-29(17-11-5)22-30(26-32)18-12-6;/h21-26H,7-20H2,1-6H3;/q;+1. The number of hydrogen-bond donors (Lipinski definition) is 0. The Labute approximate surface area is 236 Å². The molecule has 2 aromatic carbocycles. The first-order valence-electron chi connectivity index (χ1n) is 15.1. The van der Waals surface area contributed by atoms with Crippen LogP contribution in [0.15, 0.2) is 41.4 Å². The molecule has 37 heavy (non-hydrogen) atoms. The zero-order chi connectivity index (χ0) is 27.0. The number of aryl methyl sites for hydroxylation is 4. The summed E-state index contributed by atoms with van der Waals surface area (Å²) >= 11 is 5.83. The first kappa shape index (κ1) is 31.5. The van der Waals surface area contributed by atoms with Crippen molar-refractivity contribution in [2.24, 2.45) is 4.99 Å². The quantitative estimate of drug-likeness (QED) is 0.138. The first-order chi connectivity index (χ1) is 18.0. The van der Waals surface area contributed by atoms with Gasteiger partial charge >= 0.3 is 237 Å². The van der Waals surface area contributed by atoms with Crippen molar-refractivity contribution in [1.29, 1.82) is 0 Å². The van der Waals surface area contributed by atoms with Crippen LogP contribution in [0.5, 0.6) is 0 Å². The van der Waals surface area contributed by atoms with E-state index in [1.165, 1.54) is 33.7 Å². The van der Waals surface area contributed by atoms with Gasteiger partial charge in [0.05, 0.1) is 0 Å². The third-order valence-corrected chi connectivity index (χ3v) is 7.31. The molecule has 0 aromatic heterocycles. The molecule has 0 fully saturated rings. The number of rotatable bonds is 17. The third-order valence-electron chi connectivity index (χ3n) is 6.79. The predicted octanol–water partition coefficient (Wildman–Crippen LogP) is 10.2. The van der Waals surface area contributed by atoms with Crippen LogP contribution in [0.2, 0.25) is 0 Å². The van der Waals surface area contributed by atoms with Crippen molar-refractivity contribution in [1.82, 2.24) is 0 Å². The summed E-state index contributed by atoms with van der Waals surface area (Å²) < 4.78 is 2.10. The summed E-state index contributed by atoms with van der Waals surface area (Å²) in [7, 11) is 0. The van der Waals surface area contributed by atoms with Crippen LogP contribution in [-0.2, 0) is 41.4 Å². The molecule has 0 bridgehead atoms. The van der Waals surface area contributed by atoms with Gasteiger partial charge in [0.25, 0.3) is 0 Å². The monoisotopic (exact) mass is 546 g/mol. The molecule has 0 unspecified atom stereocenters. The Morgan fingerprint density at radius 1 is 0.595 bits per heavy atom. The zero-order valence-corrected chi connectivity index (χ0v) is 25.6. The van der Waals surface area contributed by atoms with Crippen molar-refractivity contribution in [3.63, 3.8) is 0 Å². The molecule has 2 rings (SSSR count). The molecule has 207 valence electrons. The zero-order valence-electron chi connectivity index (χ0n) is 24.6. The maximum atomic E-state index is 5.83. The Morgan fingerprint density at radius 3 is 1.46 bits per heavy atom. The van der Waals surface area contributed by atoms with Crippen LogP contribution in [0.4, 0.5) is 11.4 Å². The number of benzene rings is 2.